The molecule has 0 fully saturated rings. The van der Waals surface area contributed by atoms with Crippen LogP contribution in [-0.2, 0) is 9.53 Å². The van der Waals surface area contributed by atoms with E-state index in [1.165, 1.54) is 0 Å². The molecule has 17 heavy (non-hydrogen) atoms. The molecule has 94 valence electrons. The van der Waals surface area contributed by atoms with Gasteiger partial charge in [-0.25, -0.2) is 0 Å². The third-order valence-electron chi connectivity index (χ3n) is 2.00. The van der Waals surface area contributed by atoms with Crippen LogP contribution in [0.15, 0.2) is 24.3 Å². The Morgan fingerprint density at radius 3 is 2.47 bits per heavy atom. The molecule has 4 nitrogen and oxygen atoms in total. The van der Waals surface area contributed by atoms with Crippen LogP contribution >= 0.6 is 0 Å². The largest absolute Gasteiger partial charge is 0.494 e. The maximum absolute atomic E-state index is 11.5. The Kier molecular flexibility index (Phi) is 5.49. The van der Waals surface area contributed by atoms with Crippen LogP contribution in [-0.4, -0.2) is 25.2 Å². The Morgan fingerprint density at radius 2 is 1.94 bits per heavy atom. The number of carbonyl (C=O) groups excluding carboxylic acids is 1. The number of hydrogen-bond donors (Lipinski definition) is 1. The zero-order valence-electron chi connectivity index (χ0n) is 10.5. The molecule has 0 atom stereocenters. The number of nitrogens with one attached hydrogen (secondary N) is 1. The van der Waals surface area contributed by atoms with Crippen LogP contribution in [0.3, 0.4) is 0 Å². The Labute approximate surface area is 102 Å². The van der Waals surface area contributed by atoms with Crippen molar-refractivity contribution < 1.29 is 14.3 Å². The third-order valence-corrected chi connectivity index (χ3v) is 2.00. The number of anilines is 1. The summed E-state index contributed by atoms with van der Waals surface area (Å²) in [6.45, 7) is 6.42. The minimum atomic E-state index is -0.150. The zero-order valence-corrected chi connectivity index (χ0v) is 10.5. The van der Waals surface area contributed by atoms with Crippen molar-refractivity contribution in [2.75, 3.05) is 18.5 Å². The number of rotatable bonds is 6. The predicted octanol–water partition coefficient (Wildman–Crippen LogP) is 2.45. The maximum atomic E-state index is 11.5. The van der Waals surface area contributed by atoms with Crippen LogP contribution in [0.2, 0.25) is 0 Å². The van der Waals surface area contributed by atoms with E-state index in [2.05, 4.69) is 5.32 Å². The van der Waals surface area contributed by atoms with E-state index in [1.807, 2.05) is 32.9 Å². The van der Waals surface area contributed by atoms with Crippen molar-refractivity contribution in [1.82, 2.24) is 0 Å². The molecular weight excluding hydrogens is 218 g/mol. The molecule has 1 rings (SSSR count). The number of carbonyl (C=O) groups is 1. The molecule has 1 amide bonds. The predicted molar refractivity (Wildman–Crippen MR) is 67.3 cm³/mol. The van der Waals surface area contributed by atoms with Crippen molar-refractivity contribution >= 4 is 11.6 Å². The van der Waals surface area contributed by atoms with Crippen molar-refractivity contribution in [3.63, 3.8) is 0 Å². The lowest BCUT2D eigenvalue weighted by Crippen LogP contribution is -2.20. The topological polar surface area (TPSA) is 47.6 Å². The summed E-state index contributed by atoms with van der Waals surface area (Å²) in [6.07, 6.45) is 0.0566. The van der Waals surface area contributed by atoms with E-state index < -0.39 is 0 Å². The van der Waals surface area contributed by atoms with Gasteiger partial charge < -0.3 is 14.8 Å². The Morgan fingerprint density at radius 1 is 1.29 bits per heavy atom. The second-order valence-electron chi connectivity index (χ2n) is 3.87. The lowest BCUT2D eigenvalue weighted by molar-refractivity contribution is -0.121. The van der Waals surface area contributed by atoms with Gasteiger partial charge in [0.2, 0.25) is 5.91 Å². The van der Waals surface area contributed by atoms with Gasteiger partial charge in [0.05, 0.1) is 12.7 Å². The van der Waals surface area contributed by atoms with Crippen LogP contribution in [0.25, 0.3) is 0 Å². The van der Waals surface area contributed by atoms with Crippen molar-refractivity contribution in [3.8, 4) is 5.75 Å². The molecule has 0 aliphatic heterocycles. The zero-order chi connectivity index (χ0) is 12.7. The SMILES string of the molecule is CCOc1ccc(NC(=O)COC(C)C)cc1. The van der Waals surface area contributed by atoms with Gasteiger partial charge in [0, 0.05) is 5.69 Å². The fourth-order valence-corrected chi connectivity index (χ4v) is 1.24. The standard InChI is InChI=1S/C13H19NO3/c1-4-16-12-7-5-11(6-8-12)14-13(15)9-17-10(2)3/h5-8,10H,4,9H2,1-3H3,(H,14,15). The van der Waals surface area contributed by atoms with Crippen LogP contribution in [0.1, 0.15) is 20.8 Å². The first-order valence-electron chi connectivity index (χ1n) is 5.76. The van der Waals surface area contributed by atoms with E-state index in [0.29, 0.717) is 6.61 Å². The van der Waals surface area contributed by atoms with Gasteiger partial charge in [-0.05, 0) is 45.0 Å². The fraction of sp³-hybridized carbons (Fsp3) is 0.462. The summed E-state index contributed by atoms with van der Waals surface area (Å²) in [6, 6.07) is 7.25. The summed E-state index contributed by atoms with van der Waals surface area (Å²) in [5, 5.41) is 2.75. The first kappa shape index (κ1) is 13.5. The monoisotopic (exact) mass is 237 g/mol. The molecular formula is C13H19NO3. The molecule has 0 aliphatic carbocycles. The second kappa shape index (κ2) is 6.91. The van der Waals surface area contributed by atoms with E-state index >= 15 is 0 Å². The van der Waals surface area contributed by atoms with Crippen LogP contribution < -0.4 is 10.1 Å². The highest BCUT2D eigenvalue weighted by Gasteiger charge is 2.04. The average molecular weight is 237 g/mol. The van der Waals surface area contributed by atoms with E-state index in [4.69, 9.17) is 9.47 Å². The summed E-state index contributed by atoms with van der Waals surface area (Å²) in [5.41, 5.74) is 0.741. The van der Waals surface area contributed by atoms with Gasteiger partial charge in [-0.3, -0.25) is 4.79 Å². The lowest BCUT2D eigenvalue weighted by atomic mass is 10.3. The normalized spacial score (nSPS) is 10.4. The van der Waals surface area contributed by atoms with E-state index in [0.717, 1.165) is 11.4 Å². The van der Waals surface area contributed by atoms with E-state index in [1.54, 1.807) is 12.1 Å². The number of amides is 1. The maximum Gasteiger partial charge on any atom is 0.250 e. The van der Waals surface area contributed by atoms with Gasteiger partial charge in [0.25, 0.3) is 0 Å². The Bertz CT molecular complexity index is 346. The summed E-state index contributed by atoms with van der Waals surface area (Å²) in [7, 11) is 0. The molecule has 4 heteroatoms. The Hall–Kier alpha value is -1.55. The molecule has 0 bridgehead atoms. The van der Waals surface area contributed by atoms with E-state index in [9.17, 15) is 4.79 Å². The minimum absolute atomic E-state index is 0.0566. The molecule has 0 radical (unpaired) electrons. The van der Waals surface area contributed by atoms with Crippen LogP contribution in [0.4, 0.5) is 5.69 Å². The molecule has 0 unspecified atom stereocenters. The van der Waals surface area contributed by atoms with Crippen molar-refractivity contribution in [2.45, 2.75) is 26.9 Å². The minimum Gasteiger partial charge on any atom is -0.494 e. The number of benzene rings is 1. The van der Waals surface area contributed by atoms with Crippen molar-refractivity contribution in [3.05, 3.63) is 24.3 Å². The molecule has 0 spiro atoms. The van der Waals surface area contributed by atoms with Gasteiger partial charge in [-0.2, -0.15) is 0 Å². The van der Waals surface area contributed by atoms with Gasteiger partial charge in [0.15, 0.2) is 0 Å². The quantitative estimate of drug-likeness (QED) is 0.826. The van der Waals surface area contributed by atoms with Gasteiger partial charge in [-0.1, -0.05) is 0 Å². The van der Waals surface area contributed by atoms with Crippen molar-refractivity contribution in [1.29, 1.82) is 0 Å². The first-order chi connectivity index (χ1) is 8.11. The van der Waals surface area contributed by atoms with Crippen molar-refractivity contribution in [2.24, 2.45) is 0 Å². The Balaban J connectivity index is 2.43. The molecule has 1 aromatic rings. The number of hydrogen-bond acceptors (Lipinski definition) is 3. The third kappa shape index (κ3) is 5.36. The second-order valence-corrected chi connectivity index (χ2v) is 3.87. The summed E-state index contributed by atoms with van der Waals surface area (Å²) in [4.78, 5) is 11.5. The number of ether oxygens (including phenoxy) is 2. The molecule has 0 saturated carbocycles. The molecule has 0 saturated heterocycles. The smallest absolute Gasteiger partial charge is 0.250 e. The first-order valence-corrected chi connectivity index (χ1v) is 5.76. The van der Waals surface area contributed by atoms with Gasteiger partial charge >= 0.3 is 0 Å². The summed E-state index contributed by atoms with van der Waals surface area (Å²) in [5.74, 6) is 0.645. The highest BCUT2D eigenvalue weighted by molar-refractivity contribution is 5.91. The highest BCUT2D eigenvalue weighted by Crippen LogP contribution is 2.15. The van der Waals surface area contributed by atoms with Crippen LogP contribution in [0.5, 0.6) is 5.75 Å². The summed E-state index contributed by atoms with van der Waals surface area (Å²) >= 11 is 0. The summed E-state index contributed by atoms with van der Waals surface area (Å²) < 4.78 is 10.5. The molecule has 1 N–H and O–H groups in total. The van der Waals surface area contributed by atoms with Crippen LogP contribution in [0, 0.1) is 0 Å². The van der Waals surface area contributed by atoms with E-state index in [-0.39, 0.29) is 18.6 Å². The molecule has 0 heterocycles. The average Bonchev–Trinajstić information content (AvgIpc) is 2.29. The van der Waals surface area contributed by atoms with Gasteiger partial charge in [-0.15, -0.1) is 0 Å². The lowest BCUT2D eigenvalue weighted by Gasteiger charge is -2.09. The van der Waals surface area contributed by atoms with Gasteiger partial charge in [0.1, 0.15) is 12.4 Å². The highest BCUT2D eigenvalue weighted by atomic mass is 16.5. The molecule has 1 aromatic carbocycles. The molecule has 0 aliphatic rings. The fourth-order valence-electron chi connectivity index (χ4n) is 1.24. The molecule has 0 aromatic heterocycles.